The van der Waals surface area contributed by atoms with Crippen LogP contribution in [0.2, 0.25) is 10.0 Å². The Morgan fingerprint density at radius 3 is 2.66 bits per heavy atom. The fourth-order valence-corrected chi connectivity index (χ4v) is 5.24. The molecular formula is C24H26Cl2N4O2. The van der Waals surface area contributed by atoms with E-state index in [-0.39, 0.29) is 18.1 Å². The van der Waals surface area contributed by atoms with Gasteiger partial charge in [-0.15, -0.1) is 0 Å². The Hall–Kier alpha value is -2.28. The summed E-state index contributed by atoms with van der Waals surface area (Å²) in [5.74, 6) is 0.143. The lowest BCUT2D eigenvalue weighted by Crippen LogP contribution is -2.51. The number of nitrogens with zero attached hydrogens (tertiary/aromatic N) is 4. The molecule has 0 radical (unpaired) electrons. The molecule has 1 amide bonds. The smallest absolute Gasteiger partial charge is 0.251 e. The van der Waals surface area contributed by atoms with Crippen LogP contribution in [-0.4, -0.2) is 59.2 Å². The molecule has 2 fully saturated rings. The van der Waals surface area contributed by atoms with Crippen molar-refractivity contribution in [3.8, 4) is 0 Å². The SMILES string of the molecule is CC(c1ccc(Cl)cc1Cl)n1cnc2ccc(N3CCN(C(=O)[C@H]4CCCO4)CC3)cc21. The van der Waals surface area contributed by atoms with Gasteiger partial charge in [0.1, 0.15) is 6.10 Å². The van der Waals surface area contributed by atoms with Gasteiger partial charge in [-0.3, -0.25) is 4.79 Å². The van der Waals surface area contributed by atoms with E-state index in [1.54, 1.807) is 6.07 Å². The first kappa shape index (κ1) is 21.6. The normalized spacial score (nSPS) is 20.2. The molecule has 2 aromatic carbocycles. The van der Waals surface area contributed by atoms with Crippen molar-refractivity contribution in [1.82, 2.24) is 14.5 Å². The number of amides is 1. The molecule has 32 heavy (non-hydrogen) atoms. The van der Waals surface area contributed by atoms with Gasteiger partial charge in [0.15, 0.2) is 0 Å². The van der Waals surface area contributed by atoms with E-state index in [4.69, 9.17) is 27.9 Å². The van der Waals surface area contributed by atoms with Crippen LogP contribution in [-0.2, 0) is 9.53 Å². The number of hydrogen-bond donors (Lipinski definition) is 0. The van der Waals surface area contributed by atoms with Crippen molar-refractivity contribution >= 4 is 45.8 Å². The summed E-state index contributed by atoms with van der Waals surface area (Å²) < 4.78 is 7.72. The van der Waals surface area contributed by atoms with E-state index >= 15 is 0 Å². The summed E-state index contributed by atoms with van der Waals surface area (Å²) in [6, 6.07) is 12.0. The van der Waals surface area contributed by atoms with Crippen molar-refractivity contribution in [3.63, 3.8) is 0 Å². The number of anilines is 1. The maximum Gasteiger partial charge on any atom is 0.251 e. The second-order valence-corrected chi connectivity index (χ2v) is 9.32. The summed E-state index contributed by atoms with van der Waals surface area (Å²) in [5, 5.41) is 1.27. The van der Waals surface area contributed by atoms with Crippen molar-refractivity contribution in [3.05, 3.63) is 58.3 Å². The van der Waals surface area contributed by atoms with Crippen LogP contribution in [0.4, 0.5) is 5.69 Å². The highest BCUT2D eigenvalue weighted by Gasteiger charge is 2.30. The number of fused-ring (bicyclic) bond motifs is 1. The van der Waals surface area contributed by atoms with Crippen LogP contribution in [0.3, 0.4) is 0 Å². The zero-order valence-corrected chi connectivity index (χ0v) is 19.5. The maximum absolute atomic E-state index is 12.6. The van der Waals surface area contributed by atoms with Gasteiger partial charge >= 0.3 is 0 Å². The summed E-state index contributed by atoms with van der Waals surface area (Å²) in [4.78, 5) is 21.5. The van der Waals surface area contributed by atoms with E-state index in [0.29, 0.717) is 29.7 Å². The predicted octanol–water partition coefficient (Wildman–Crippen LogP) is 4.78. The number of carbonyl (C=O) groups excluding carboxylic acids is 1. The number of benzene rings is 2. The number of ether oxygens (including phenoxy) is 1. The lowest BCUT2D eigenvalue weighted by atomic mass is 10.1. The third-order valence-corrected chi connectivity index (χ3v) is 7.11. The Balaban J connectivity index is 1.34. The summed E-state index contributed by atoms with van der Waals surface area (Å²) in [7, 11) is 0. The minimum Gasteiger partial charge on any atom is -0.368 e. The maximum atomic E-state index is 12.6. The summed E-state index contributed by atoms with van der Waals surface area (Å²) in [6.07, 6.45) is 3.44. The molecule has 2 atom stereocenters. The Bertz CT molecular complexity index is 1130. The number of halogens is 2. The molecule has 0 aliphatic carbocycles. The molecule has 168 valence electrons. The lowest BCUT2D eigenvalue weighted by molar-refractivity contribution is -0.141. The van der Waals surface area contributed by atoms with Crippen LogP contribution in [0.25, 0.3) is 11.0 Å². The standard InChI is InChI=1S/C24H26Cl2N4O2/c1-16(19-6-4-17(25)13-20(19)26)30-15-27-21-7-5-18(14-22(21)30)28-8-10-29(11-9-28)24(31)23-3-2-12-32-23/h4-7,13-16,23H,2-3,8-12H2,1H3/t16?,23-/m1/s1. The van der Waals surface area contributed by atoms with Crippen LogP contribution in [0.5, 0.6) is 0 Å². The first-order valence-electron chi connectivity index (χ1n) is 11.1. The molecule has 8 heteroatoms. The van der Waals surface area contributed by atoms with Crippen LogP contribution in [0.15, 0.2) is 42.7 Å². The van der Waals surface area contributed by atoms with E-state index in [2.05, 4.69) is 39.6 Å². The second kappa shape index (κ2) is 8.93. The number of imidazole rings is 1. The number of aromatic nitrogens is 2. The van der Waals surface area contributed by atoms with E-state index in [0.717, 1.165) is 48.2 Å². The third kappa shape index (κ3) is 4.07. The van der Waals surface area contributed by atoms with Gasteiger partial charge in [-0.05, 0) is 55.7 Å². The fourth-order valence-electron chi connectivity index (χ4n) is 4.67. The van der Waals surface area contributed by atoms with Gasteiger partial charge in [-0.1, -0.05) is 29.3 Å². The summed E-state index contributed by atoms with van der Waals surface area (Å²) >= 11 is 12.5. The molecule has 5 rings (SSSR count). The topological polar surface area (TPSA) is 50.6 Å². The van der Waals surface area contributed by atoms with E-state index in [9.17, 15) is 4.79 Å². The second-order valence-electron chi connectivity index (χ2n) is 8.48. The largest absolute Gasteiger partial charge is 0.368 e. The van der Waals surface area contributed by atoms with Crippen molar-refractivity contribution < 1.29 is 9.53 Å². The molecule has 2 aliphatic heterocycles. The van der Waals surface area contributed by atoms with Gasteiger partial charge in [0.25, 0.3) is 5.91 Å². The lowest BCUT2D eigenvalue weighted by Gasteiger charge is -2.37. The van der Waals surface area contributed by atoms with Gasteiger partial charge in [-0.2, -0.15) is 0 Å². The minimum absolute atomic E-state index is 0.0147. The molecular weight excluding hydrogens is 447 g/mol. The molecule has 0 N–H and O–H groups in total. The first-order valence-corrected chi connectivity index (χ1v) is 11.8. The Morgan fingerprint density at radius 2 is 1.94 bits per heavy atom. The Labute approximate surface area is 197 Å². The van der Waals surface area contributed by atoms with E-state index in [1.807, 2.05) is 23.4 Å². The monoisotopic (exact) mass is 472 g/mol. The van der Waals surface area contributed by atoms with E-state index in [1.165, 1.54) is 0 Å². The van der Waals surface area contributed by atoms with Crippen molar-refractivity contribution in [2.45, 2.75) is 31.9 Å². The number of carbonyl (C=O) groups is 1. The van der Waals surface area contributed by atoms with Crippen LogP contribution >= 0.6 is 23.2 Å². The average Bonchev–Trinajstić information content (AvgIpc) is 3.48. The highest BCUT2D eigenvalue weighted by Crippen LogP contribution is 2.32. The highest BCUT2D eigenvalue weighted by molar-refractivity contribution is 6.35. The molecule has 0 bridgehead atoms. The zero-order valence-electron chi connectivity index (χ0n) is 18.0. The van der Waals surface area contributed by atoms with Gasteiger partial charge in [0.05, 0.1) is 23.4 Å². The number of hydrogen-bond acceptors (Lipinski definition) is 4. The molecule has 0 saturated carbocycles. The van der Waals surface area contributed by atoms with Crippen LogP contribution < -0.4 is 4.90 Å². The predicted molar refractivity (Wildman–Crippen MR) is 128 cm³/mol. The molecule has 2 saturated heterocycles. The van der Waals surface area contributed by atoms with Gasteiger partial charge in [0.2, 0.25) is 0 Å². The zero-order chi connectivity index (χ0) is 22.2. The van der Waals surface area contributed by atoms with Gasteiger partial charge < -0.3 is 19.1 Å². The van der Waals surface area contributed by atoms with Crippen molar-refractivity contribution in [2.24, 2.45) is 0 Å². The van der Waals surface area contributed by atoms with Gasteiger partial charge in [0, 0.05) is 48.5 Å². The highest BCUT2D eigenvalue weighted by atomic mass is 35.5. The van der Waals surface area contributed by atoms with Crippen LogP contribution in [0, 0.1) is 0 Å². The average molecular weight is 473 g/mol. The quantitative estimate of drug-likeness (QED) is 0.548. The van der Waals surface area contributed by atoms with Gasteiger partial charge in [-0.25, -0.2) is 4.98 Å². The van der Waals surface area contributed by atoms with Crippen molar-refractivity contribution in [2.75, 3.05) is 37.7 Å². The molecule has 2 aliphatic rings. The minimum atomic E-state index is -0.242. The fraction of sp³-hybridized carbons (Fsp3) is 0.417. The number of rotatable bonds is 4. The van der Waals surface area contributed by atoms with E-state index < -0.39 is 0 Å². The Morgan fingerprint density at radius 1 is 1.12 bits per heavy atom. The third-order valence-electron chi connectivity index (χ3n) is 6.55. The molecule has 0 spiro atoms. The number of piperazine rings is 1. The molecule has 3 aromatic rings. The first-order chi connectivity index (χ1) is 15.5. The summed E-state index contributed by atoms with van der Waals surface area (Å²) in [5.41, 5.74) is 4.14. The molecule has 3 heterocycles. The van der Waals surface area contributed by atoms with Crippen LogP contribution in [0.1, 0.15) is 31.4 Å². The molecule has 1 unspecified atom stereocenters. The van der Waals surface area contributed by atoms with Crippen molar-refractivity contribution in [1.29, 1.82) is 0 Å². The molecule has 1 aromatic heterocycles. The molecule has 6 nitrogen and oxygen atoms in total. The summed E-state index contributed by atoms with van der Waals surface area (Å²) in [6.45, 7) is 5.84. The Kier molecular flexibility index (Phi) is 6.01.